The summed E-state index contributed by atoms with van der Waals surface area (Å²) >= 11 is 2.10. The highest BCUT2D eigenvalue weighted by Gasteiger charge is 2.25. The molecule has 1 rings (SSSR count). The standard InChI is InChI=1S/C11H12INO4/c1-6(14)9(11(16)17)13-10(15)7-2-4-8(12)5-3-7/h2-6,9,14H,1H3,(H,13,15)(H,16,17). The molecule has 5 nitrogen and oxygen atoms in total. The van der Waals surface area contributed by atoms with Crippen LogP contribution in [-0.4, -0.2) is 34.2 Å². The van der Waals surface area contributed by atoms with Crippen molar-refractivity contribution in [2.24, 2.45) is 0 Å². The van der Waals surface area contributed by atoms with Gasteiger partial charge in [0.25, 0.3) is 5.91 Å². The van der Waals surface area contributed by atoms with Crippen molar-refractivity contribution >= 4 is 34.5 Å². The van der Waals surface area contributed by atoms with Crippen molar-refractivity contribution in [2.75, 3.05) is 0 Å². The molecule has 0 aliphatic rings. The van der Waals surface area contributed by atoms with Crippen LogP contribution in [0, 0.1) is 3.57 Å². The van der Waals surface area contributed by atoms with E-state index in [2.05, 4.69) is 27.9 Å². The molecule has 0 aliphatic heterocycles. The molecule has 0 bridgehead atoms. The summed E-state index contributed by atoms with van der Waals surface area (Å²) in [5, 5.41) is 20.3. The highest BCUT2D eigenvalue weighted by molar-refractivity contribution is 14.1. The second-order valence-corrected chi connectivity index (χ2v) is 4.78. The van der Waals surface area contributed by atoms with Crippen LogP contribution in [0.15, 0.2) is 24.3 Å². The highest BCUT2D eigenvalue weighted by atomic mass is 127. The summed E-state index contributed by atoms with van der Waals surface area (Å²) in [6.45, 7) is 1.31. The Kier molecular flexibility index (Phi) is 4.88. The lowest BCUT2D eigenvalue weighted by atomic mass is 10.1. The fraction of sp³-hybridized carbons (Fsp3) is 0.273. The zero-order valence-electron chi connectivity index (χ0n) is 9.05. The maximum absolute atomic E-state index is 11.7. The molecule has 3 N–H and O–H groups in total. The number of carboxylic acid groups (broad SMARTS) is 1. The van der Waals surface area contributed by atoms with Crippen molar-refractivity contribution in [3.63, 3.8) is 0 Å². The number of aliphatic hydroxyl groups is 1. The summed E-state index contributed by atoms with van der Waals surface area (Å²) in [7, 11) is 0. The van der Waals surface area contributed by atoms with E-state index in [0.717, 1.165) is 3.57 Å². The van der Waals surface area contributed by atoms with Crippen LogP contribution in [0.25, 0.3) is 0 Å². The first kappa shape index (κ1) is 13.9. The Morgan fingerprint density at radius 1 is 1.29 bits per heavy atom. The second-order valence-electron chi connectivity index (χ2n) is 3.54. The lowest BCUT2D eigenvalue weighted by molar-refractivity contribution is -0.141. The molecular formula is C11H12INO4. The van der Waals surface area contributed by atoms with Crippen LogP contribution in [0.2, 0.25) is 0 Å². The van der Waals surface area contributed by atoms with Gasteiger partial charge in [-0.2, -0.15) is 0 Å². The lowest BCUT2D eigenvalue weighted by Crippen LogP contribution is -2.47. The predicted molar refractivity (Wildman–Crippen MR) is 69.7 cm³/mol. The summed E-state index contributed by atoms with van der Waals surface area (Å²) in [6.07, 6.45) is -1.15. The average Bonchev–Trinajstić information content (AvgIpc) is 2.25. The summed E-state index contributed by atoms with van der Waals surface area (Å²) in [5.74, 6) is -1.78. The third-order valence-corrected chi connectivity index (χ3v) is 2.86. The molecule has 0 fully saturated rings. The molecular weight excluding hydrogens is 337 g/mol. The van der Waals surface area contributed by atoms with E-state index in [9.17, 15) is 14.7 Å². The van der Waals surface area contributed by atoms with E-state index >= 15 is 0 Å². The molecule has 0 aliphatic carbocycles. The van der Waals surface area contributed by atoms with Crippen LogP contribution in [0.5, 0.6) is 0 Å². The van der Waals surface area contributed by atoms with Gasteiger partial charge in [-0.3, -0.25) is 4.79 Å². The minimum absolute atomic E-state index is 0.359. The number of carbonyl (C=O) groups excluding carboxylic acids is 1. The Morgan fingerprint density at radius 3 is 2.24 bits per heavy atom. The fourth-order valence-corrected chi connectivity index (χ4v) is 1.57. The minimum atomic E-state index is -1.30. The molecule has 6 heteroatoms. The zero-order chi connectivity index (χ0) is 13.0. The number of carboxylic acids is 1. The van der Waals surface area contributed by atoms with Crippen LogP contribution >= 0.6 is 22.6 Å². The minimum Gasteiger partial charge on any atom is -0.480 e. The molecule has 17 heavy (non-hydrogen) atoms. The van der Waals surface area contributed by atoms with E-state index < -0.39 is 24.0 Å². The predicted octanol–water partition coefficient (Wildman–Crippen LogP) is 0.855. The normalized spacial score (nSPS) is 13.8. The molecule has 1 aromatic rings. The number of benzene rings is 1. The van der Waals surface area contributed by atoms with Crippen molar-refractivity contribution in [1.82, 2.24) is 5.32 Å². The Bertz CT molecular complexity index is 416. The maximum atomic E-state index is 11.7. The van der Waals surface area contributed by atoms with Gasteiger partial charge in [0.2, 0.25) is 0 Å². The van der Waals surface area contributed by atoms with Crippen LogP contribution in [0.1, 0.15) is 17.3 Å². The van der Waals surface area contributed by atoms with Gasteiger partial charge in [0.15, 0.2) is 6.04 Å². The van der Waals surface area contributed by atoms with Crippen molar-refractivity contribution in [3.05, 3.63) is 33.4 Å². The maximum Gasteiger partial charge on any atom is 0.328 e. The van der Waals surface area contributed by atoms with Crippen LogP contribution in [0.3, 0.4) is 0 Å². The van der Waals surface area contributed by atoms with Crippen LogP contribution < -0.4 is 5.32 Å². The molecule has 92 valence electrons. The molecule has 0 spiro atoms. The number of aliphatic carboxylic acids is 1. The molecule has 0 heterocycles. The number of carbonyl (C=O) groups is 2. The van der Waals surface area contributed by atoms with E-state index in [1.165, 1.54) is 6.92 Å². The van der Waals surface area contributed by atoms with Gasteiger partial charge in [-0.05, 0) is 53.8 Å². The number of hydrogen-bond acceptors (Lipinski definition) is 3. The van der Waals surface area contributed by atoms with Crippen molar-refractivity contribution in [3.8, 4) is 0 Å². The second kappa shape index (κ2) is 5.97. The number of hydrogen-bond donors (Lipinski definition) is 3. The first-order valence-corrected chi connectivity index (χ1v) is 5.97. The molecule has 0 saturated carbocycles. The van der Waals surface area contributed by atoms with Gasteiger partial charge in [-0.25, -0.2) is 4.79 Å². The fourth-order valence-electron chi connectivity index (χ4n) is 1.21. The molecule has 2 atom stereocenters. The van der Waals surface area contributed by atoms with E-state index in [4.69, 9.17) is 5.11 Å². The lowest BCUT2D eigenvalue weighted by Gasteiger charge is -2.16. The van der Waals surface area contributed by atoms with Gasteiger partial charge in [-0.15, -0.1) is 0 Å². The molecule has 0 saturated heterocycles. The summed E-state index contributed by atoms with van der Waals surface area (Å²) < 4.78 is 0.976. The largest absolute Gasteiger partial charge is 0.480 e. The van der Waals surface area contributed by atoms with E-state index in [1.807, 2.05) is 0 Å². The number of aliphatic hydroxyl groups excluding tert-OH is 1. The third-order valence-electron chi connectivity index (χ3n) is 2.14. The summed E-state index contributed by atoms with van der Waals surface area (Å²) in [6, 6.07) is 5.37. The molecule has 1 amide bonds. The van der Waals surface area contributed by atoms with Crippen LogP contribution in [-0.2, 0) is 4.79 Å². The van der Waals surface area contributed by atoms with Crippen molar-refractivity contribution in [2.45, 2.75) is 19.1 Å². The van der Waals surface area contributed by atoms with Gasteiger partial charge in [-0.1, -0.05) is 0 Å². The van der Waals surface area contributed by atoms with Gasteiger partial charge in [0.05, 0.1) is 6.10 Å². The first-order valence-electron chi connectivity index (χ1n) is 4.89. The Balaban J connectivity index is 2.77. The van der Waals surface area contributed by atoms with Gasteiger partial charge in [0, 0.05) is 9.13 Å². The third kappa shape index (κ3) is 3.97. The van der Waals surface area contributed by atoms with Gasteiger partial charge < -0.3 is 15.5 Å². The topological polar surface area (TPSA) is 86.6 Å². The SMILES string of the molecule is CC(O)C(NC(=O)c1ccc(I)cc1)C(=O)O. The zero-order valence-corrected chi connectivity index (χ0v) is 11.2. The summed E-state index contributed by atoms with van der Waals surface area (Å²) in [4.78, 5) is 22.5. The van der Waals surface area contributed by atoms with Crippen molar-refractivity contribution in [1.29, 1.82) is 0 Å². The Morgan fingerprint density at radius 2 is 1.82 bits per heavy atom. The number of halogens is 1. The van der Waals surface area contributed by atoms with Crippen molar-refractivity contribution < 1.29 is 19.8 Å². The van der Waals surface area contributed by atoms with Crippen LogP contribution in [0.4, 0.5) is 0 Å². The smallest absolute Gasteiger partial charge is 0.328 e. The van der Waals surface area contributed by atoms with Gasteiger partial charge in [0.1, 0.15) is 0 Å². The van der Waals surface area contributed by atoms with Gasteiger partial charge >= 0.3 is 5.97 Å². The highest BCUT2D eigenvalue weighted by Crippen LogP contribution is 2.07. The molecule has 0 radical (unpaired) electrons. The van der Waals surface area contributed by atoms with E-state index in [-0.39, 0.29) is 0 Å². The van der Waals surface area contributed by atoms with E-state index in [0.29, 0.717) is 5.56 Å². The van der Waals surface area contributed by atoms with E-state index in [1.54, 1.807) is 24.3 Å². The summed E-state index contributed by atoms with van der Waals surface area (Å²) in [5.41, 5.74) is 0.359. The molecule has 2 unspecified atom stereocenters. The number of rotatable bonds is 4. The number of amides is 1. The number of nitrogens with one attached hydrogen (secondary N) is 1. The monoisotopic (exact) mass is 349 g/mol. The molecule has 1 aromatic carbocycles. The quantitative estimate of drug-likeness (QED) is 0.704. The Labute approximate surface area is 112 Å². The first-order chi connectivity index (χ1) is 7.91. The average molecular weight is 349 g/mol. The molecule has 0 aromatic heterocycles. The Hall–Kier alpha value is -1.15.